The molecule has 5 heteroatoms. The topological polar surface area (TPSA) is 72.2 Å². The molecule has 17 heavy (non-hydrogen) atoms. The second-order valence-electron chi connectivity index (χ2n) is 5.14. The molecule has 3 N–H and O–H groups in total. The minimum absolute atomic E-state index is 0.161. The van der Waals surface area contributed by atoms with Crippen LogP contribution in [-0.2, 0) is 10.0 Å². The number of nitrogens with two attached hydrogens (primary N) is 1. The van der Waals surface area contributed by atoms with E-state index in [1.807, 2.05) is 13.8 Å². The second-order valence-corrected chi connectivity index (χ2v) is 6.79. The quantitative estimate of drug-likeness (QED) is 0.804. The Labute approximate surface area is 102 Å². The molecular weight excluding hydrogens is 236 g/mol. The Hall–Kier alpha value is -1.07. The van der Waals surface area contributed by atoms with E-state index in [1.54, 1.807) is 18.2 Å². The lowest BCUT2D eigenvalue weighted by Gasteiger charge is -2.26. The average molecular weight is 254 g/mol. The third-order valence-corrected chi connectivity index (χ3v) is 4.95. The van der Waals surface area contributed by atoms with Crippen molar-refractivity contribution in [1.29, 1.82) is 0 Å². The first-order valence-electron chi connectivity index (χ1n) is 5.71. The average Bonchev–Trinajstić information content (AvgIpc) is 2.99. The molecule has 2 rings (SSSR count). The molecule has 1 aliphatic rings. The van der Waals surface area contributed by atoms with Crippen LogP contribution in [0.1, 0.15) is 26.7 Å². The van der Waals surface area contributed by atoms with Gasteiger partial charge in [-0.2, -0.15) is 0 Å². The van der Waals surface area contributed by atoms with Gasteiger partial charge in [-0.1, -0.05) is 12.1 Å². The second kappa shape index (κ2) is 3.99. The molecule has 0 radical (unpaired) electrons. The third-order valence-electron chi connectivity index (χ3n) is 3.20. The number of nitrogens with one attached hydrogen (secondary N) is 1. The van der Waals surface area contributed by atoms with Gasteiger partial charge < -0.3 is 5.73 Å². The van der Waals surface area contributed by atoms with E-state index in [0.717, 1.165) is 12.8 Å². The molecule has 1 aromatic rings. The van der Waals surface area contributed by atoms with Gasteiger partial charge >= 0.3 is 0 Å². The van der Waals surface area contributed by atoms with E-state index in [4.69, 9.17) is 5.73 Å². The number of para-hydroxylation sites is 1. The van der Waals surface area contributed by atoms with Crippen molar-refractivity contribution in [2.75, 3.05) is 5.73 Å². The van der Waals surface area contributed by atoms with Crippen molar-refractivity contribution in [3.63, 3.8) is 0 Å². The van der Waals surface area contributed by atoms with Gasteiger partial charge in [0.05, 0.1) is 5.69 Å². The van der Waals surface area contributed by atoms with Crippen LogP contribution in [-0.4, -0.2) is 14.0 Å². The van der Waals surface area contributed by atoms with Crippen LogP contribution in [0.25, 0.3) is 0 Å². The normalized spacial score (nSPS) is 17.1. The number of rotatable bonds is 4. The molecule has 1 saturated carbocycles. The van der Waals surface area contributed by atoms with Crippen molar-refractivity contribution in [2.45, 2.75) is 37.1 Å². The van der Waals surface area contributed by atoms with Gasteiger partial charge in [0, 0.05) is 5.54 Å². The van der Waals surface area contributed by atoms with Gasteiger partial charge in [-0.05, 0) is 44.7 Å². The number of nitrogen functional groups attached to an aromatic ring is 1. The fourth-order valence-corrected chi connectivity index (χ4v) is 3.62. The van der Waals surface area contributed by atoms with Crippen LogP contribution in [0.15, 0.2) is 29.2 Å². The summed E-state index contributed by atoms with van der Waals surface area (Å²) in [5, 5.41) is 0. The Morgan fingerprint density at radius 2 is 1.88 bits per heavy atom. The third kappa shape index (κ3) is 2.61. The van der Waals surface area contributed by atoms with Crippen LogP contribution >= 0.6 is 0 Å². The van der Waals surface area contributed by atoms with Crippen molar-refractivity contribution in [3.05, 3.63) is 24.3 Å². The van der Waals surface area contributed by atoms with Gasteiger partial charge in [-0.3, -0.25) is 0 Å². The summed E-state index contributed by atoms with van der Waals surface area (Å²) in [6, 6.07) is 6.52. The van der Waals surface area contributed by atoms with E-state index in [-0.39, 0.29) is 10.6 Å². The molecule has 94 valence electrons. The number of hydrogen-bond acceptors (Lipinski definition) is 3. The van der Waals surface area contributed by atoms with E-state index in [0.29, 0.717) is 5.92 Å². The van der Waals surface area contributed by atoms with E-state index < -0.39 is 15.6 Å². The van der Waals surface area contributed by atoms with Crippen LogP contribution in [0.3, 0.4) is 0 Å². The van der Waals surface area contributed by atoms with Gasteiger partial charge in [0.1, 0.15) is 4.90 Å². The Balaban J connectivity index is 2.28. The first kappa shape index (κ1) is 12.4. The summed E-state index contributed by atoms with van der Waals surface area (Å²) in [7, 11) is -3.53. The highest BCUT2D eigenvalue weighted by Crippen LogP contribution is 2.40. The SMILES string of the molecule is CC(C)(NS(=O)(=O)c1ccccc1N)C1CC1. The molecule has 0 atom stereocenters. The summed E-state index contributed by atoms with van der Waals surface area (Å²) in [6.07, 6.45) is 2.17. The first-order valence-corrected chi connectivity index (χ1v) is 7.20. The van der Waals surface area contributed by atoms with Crippen LogP contribution in [0.5, 0.6) is 0 Å². The number of benzene rings is 1. The summed E-state index contributed by atoms with van der Waals surface area (Å²) < 4.78 is 27.2. The molecule has 1 aliphatic carbocycles. The zero-order valence-electron chi connectivity index (χ0n) is 10.1. The van der Waals surface area contributed by atoms with Crippen molar-refractivity contribution < 1.29 is 8.42 Å². The lowest BCUT2D eigenvalue weighted by atomic mass is 10.0. The van der Waals surface area contributed by atoms with Gasteiger partial charge in [0.25, 0.3) is 0 Å². The maximum absolute atomic E-state index is 12.2. The minimum atomic E-state index is -3.53. The highest BCUT2D eigenvalue weighted by atomic mass is 32.2. The molecule has 0 aliphatic heterocycles. The van der Waals surface area contributed by atoms with Crippen molar-refractivity contribution in [1.82, 2.24) is 4.72 Å². The van der Waals surface area contributed by atoms with Crippen LogP contribution < -0.4 is 10.5 Å². The summed E-state index contributed by atoms with van der Waals surface area (Å²) in [4.78, 5) is 0.161. The molecule has 0 unspecified atom stereocenters. The maximum atomic E-state index is 12.2. The molecule has 1 aromatic carbocycles. The lowest BCUT2D eigenvalue weighted by molar-refractivity contribution is 0.400. The zero-order valence-corrected chi connectivity index (χ0v) is 10.9. The van der Waals surface area contributed by atoms with E-state index in [9.17, 15) is 8.42 Å². The molecule has 0 saturated heterocycles. The van der Waals surface area contributed by atoms with Gasteiger partial charge in [0.2, 0.25) is 10.0 Å². The van der Waals surface area contributed by atoms with Crippen molar-refractivity contribution in [3.8, 4) is 0 Å². The smallest absolute Gasteiger partial charge is 0.243 e. The molecule has 0 aromatic heterocycles. The molecule has 1 fully saturated rings. The Bertz CT molecular complexity index is 519. The molecular formula is C12H18N2O2S. The first-order chi connectivity index (χ1) is 7.83. The van der Waals surface area contributed by atoms with Crippen LogP contribution in [0.4, 0.5) is 5.69 Å². The number of hydrogen-bond donors (Lipinski definition) is 2. The molecule has 0 heterocycles. The molecule has 4 nitrogen and oxygen atoms in total. The van der Waals surface area contributed by atoms with Crippen molar-refractivity contribution >= 4 is 15.7 Å². The highest BCUT2D eigenvalue weighted by molar-refractivity contribution is 7.89. The molecule has 0 spiro atoms. The molecule has 0 amide bonds. The van der Waals surface area contributed by atoms with E-state index in [2.05, 4.69) is 4.72 Å². The summed E-state index contributed by atoms with van der Waals surface area (Å²) >= 11 is 0. The fraction of sp³-hybridized carbons (Fsp3) is 0.500. The summed E-state index contributed by atoms with van der Waals surface area (Å²) in [5.74, 6) is 0.433. The fourth-order valence-electron chi connectivity index (χ4n) is 2.01. The highest BCUT2D eigenvalue weighted by Gasteiger charge is 2.40. The van der Waals surface area contributed by atoms with Crippen LogP contribution in [0.2, 0.25) is 0 Å². The van der Waals surface area contributed by atoms with Gasteiger partial charge in [-0.15, -0.1) is 0 Å². The maximum Gasteiger partial charge on any atom is 0.243 e. The Kier molecular flexibility index (Phi) is 2.91. The monoisotopic (exact) mass is 254 g/mol. The van der Waals surface area contributed by atoms with Crippen LogP contribution in [0, 0.1) is 5.92 Å². The van der Waals surface area contributed by atoms with Crippen molar-refractivity contribution in [2.24, 2.45) is 5.92 Å². The Morgan fingerprint density at radius 3 is 2.41 bits per heavy atom. The summed E-state index contributed by atoms with van der Waals surface area (Å²) in [5.41, 5.74) is 5.58. The summed E-state index contributed by atoms with van der Waals surface area (Å²) in [6.45, 7) is 3.84. The zero-order chi connectivity index (χ0) is 12.7. The lowest BCUT2D eigenvalue weighted by Crippen LogP contribution is -2.45. The predicted octanol–water partition coefficient (Wildman–Crippen LogP) is 1.74. The van der Waals surface area contributed by atoms with Gasteiger partial charge in [-0.25, -0.2) is 13.1 Å². The minimum Gasteiger partial charge on any atom is -0.398 e. The van der Waals surface area contributed by atoms with E-state index in [1.165, 1.54) is 6.07 Å². The Morgan fingerprint density at radius 1 is 1.29 bits per heavy atom. The largest absolute Gasteiger partial charge is 0.398 e. The molecule has 0 bridgehead atoms. The van der Waals surface area contributed by atoms with E-state index >= 15 is 0 Å². The number of anilines is 1. The standard InChI is InChI=1S/C12H18N2O2S/c1-12(2,9-7-8-9)14-17(15,16)11-6-4-3-5-10(11)13/h3-6,9,14H,7-8,13H2,1-2H3. The number of sulfonamides is 1. The van der Waals surface area contributed by atoms with Gasteiger partial charge in [0.15, 0.2) is 0 Å². The predicted molar refractivity (Wildman–Crippen MR) is 68.0 cm³/mol.